The lowest BCUT2D eigenvalue weighted by Crippen LogP contribution is -2.42. The maximum absolute atomic E-state index is 13.8. The van der Waals surface area contributed by atoms with E-state index in [1.54, 1.807) is 0 Å². The minimum atomic E-state index is -4.62. The first-order valence-corrected chi connectivity index (χ1v) is 10.6. The molecule has 2 aliphatic rings. The predicted octanol–water partition coefficient (Wildman–Crippen LogP) is 5.71. The molecule has 160 valence electrons. The largest absolute Gasteiger partial charge is 0.418 e. The molecule has 1 aliphatic heterocycles. The van der Waals surface area contributed by atoms with Gasteiger partial charge in [-0.05, 0) is 35.4 Å². The summed E-state index contributed by atoms with van der Waals surface area (Å²) in [6.07, 6.45) is -4.01. The third-order valence-corrected chi connectivity index (χ3v) is 6.60. The summed E-state index contributed by atoms with van der Waals surface area (Å²) < 4.78 is 41.5. The topological polar surface area (TPSA) is 70.1 Å². The Morgan fingerprint density at radius 2 is 1.90 bits per heavy atom. The van der Waals surface area contributed by atoms with Crippen molar-refractivity contribution in [2.24, 2.45) is 11.1 Å². The lowest BCUT2D eigenvalue weighted by Gasteiger charge is -2.44. The van der Waals surface area contributed by atoms with E-state index in [4.69, 9.17) is 5.73 Å². The third-order valence-electron chi connectivity index (χ3n) is 5.66. The molecule has 1 unspecified atom stereocenters. The van der Waals surface area contributed by atoms with Crippen LogP contribution in [-0.4, -0.2) is 5.78 Å². The molecule has 1 atom stereocenters. The Morgan fingerprint density at radius 1 is 1.19 bits per heavy atom. The number of carbonyl (C=O) groups is 1. The van der Waals surface area contributed by atoms with E-state index in [0.717, 1.165) is 10.9 Å². The van der Waals surface area contributed by atoms with E-state index in [0.29, 0.717) is 17.7 Å². The van der Waals surface area contributed by atoms with Crippen LogP contribution in [0.1, 0.15) is 43.0 Å². The number of hydrogen-bond donors (Lipinski definition) is 1. The molecular weight excluding hydrogens is 423 g/mol. The molecule has 1 aromatic carbocycles. The van der Waals surface area contributed by atoms with E-state index in [-0.39, 0.29) is 29.3 Å². The maximum atomic E-state index is 13.8. The zero-order valence-electron chi connectivity index (χ0n) is 17.0. The second-order valence-electron chi connectivity index (χ2n) is 8.51. The normalized spacial score (nSPS) is 21.2. The van der Waals surface area contributed by atoms with Gasteiger partial charge in [0.15, 0.2) is 5.78 Å². The molecule has 2 heterocycles. The van der Waals surface area contributed by atoms with Crippen LogP contribution in [0.2, 0.25) is 0 Å². The fourth-order valence-corrected chi connectivity index (χ4v) is 5.28. The van der Waals surface area contributed by atoms with Crippen molar-refractivity contribution in [3.8, 4) is 6.07 Å². The Balaban J connectivity index is 2.04. The van der Waals surface area contributed by atoms with Gasteiger partial charge in [0.2, 0.25) is 0 Å². The van der Waals surface area contributed by atoms with Gasteiger partial charge in [-0.15, -0.1) is 11.3 Å². The number of carbonyl (C=O) groups excluding carboxylic acids is 1. The number of alkyl halides is 3. The number of nitrogens with zero attached hydrogens (tertiary/aromatic N) is 2. The number of nitriles is 1. The van der Waals surface area contributed by atoms with Crippen molar-refractivity contribution >= 4 is 22.8 Å². The quantitative estimate of drug-likeness (QED) is 0.646. The van der Waals surface area contributed by atoms with E-state index >= 15 is 0 Å². The number of anilines is 1. The second-order valence-corrected chi connectivity index (χ2v) is 9.49. The number of nitrogens with two attached hydrogens (primary N) is 1. The molecule has 2 aromatic rings. The van der Waals surface area contributed by atoms with Gasteiger partial charge in [-0.1, -0.05) is 32.0 Å². The van der Waals surface area contributed by atoms with Crippen molar-refractivity contribution < 1.29 is 18.0 Å². The summed E-state index contributed by atoms with van der Waals surface area (Å²) in [7, 11) is 0. The monoisotopic (exact) mass is 443 g/mol. The van der Waals surface area contributed by atoms with Crippen LogP contribution < -0.4 is 10.6 Å². The Bertz CT molecular complexity index is 1150. The van der Waals surface area contributed by atoms with Gasteiger partial charge in [-0.3, -0.25) is 9.69 Å². The first-order valence-electron chi connectivity index (χ1n) is 9.71. The minimum absolute atomic E-state index is 0.0677. The first kappa shape index (κ1) is 21.2. The number of hydrogen-bond acceptors (Lipinski definition) is 5. The molecule has 0 saturated carbocycles. The van der Waals surface area contributed by atoms with E-state index < -0.39 is 23.1 Å². The highest BCUT2D eigenvalue weighted by Crippen LogP contribution is 2.52. The summed E-state index contributed by atoms with van der Waals surface area (Å²) in [6, 6.07) is 10.8. The van der Waals surface area contributed by atoms with Crippen LogP contribution >= 0.6 is 11.3 Å². The highest BCUT2D eigenvalue weighted by molar-refractivity contribution is 7.10. The number of allylic oxidation sites excluding steroid dienone is 3. The van der Waals surface area contributed by atoms with Crippen molar-refractivity contribution in [2.45, 2.75) is 38.8 Å². The van der Waals surface area contributed by atoms with Crippen molar-refractivity contribution in [1.29, 1.82) is 5.26 Å². The highest BCUT2D eigenvalue weighted by atomic mass is 32.1. The van der Waals surface area contributed by atoms with Crippen molar-refractivity contribution in [3.63, 3.8) is 0 Å². The first-order chi connectivity index (χ1) is 14.5. The summed E-state index contributed by atoms with van der Waals surface area (Å²) in [5.74, 6) is -0.904. The second kappa shape index (κ2) is 7.27. The van der Waals surface area contributed by atoms with Gasteiger partial charge in [0, 0.05) is 22.6 Å². The van der Waals surface area contributed by atoms with E-state index in [1.807, 2.05) is 31.4 Å². The van der Waals surface area contributed by atoms with E-state index in [1.165, 1.54) is 34.4 Å². The lowest BCUT2D eigenvalue weighted by atomic mass is 9.69. The average molecular weight is 443 g/mol. The zero-order valence-corrected chi connectivity index (χ0v) is 17.8. The number of para-hydroxylation sites is 1. The van der Waals surface area contributed by atoms with Crippen LogP contribution in [-0.2, 0) is 11.0 Å². The van der Waals surface area contributed by atoms with Gasteiger partial charge in [0.1, 0.15) is 5.82 Å². The molecule has 0 radical (unpaired) electrons. The summed E-state index contributed by atoms with van der Waals surface area (Å²) >= 11 is 1.39. The molecule has 0 bridgehead atoms. The molecule has 0 amide bonds. The number of Topliss-reactive ketones (excluding diaryl/α,β-unsaturated/α-hetero) is 1. The maximum Gasteiger partial charge on any atom is 0.418 e. The molecule has 4 nitrogen and oxygen atoms in total. The Hall–Kier alpha value is -3.05. The molecule has 1 aromatic heterocycles. The number of ketones is 1. The third kappa shape index (κ3) is 3.53. The zero-order chi connectivity index (χ0) is 22.6. The molecule has 1 aliphatic carbocycles. The van der Waals surface area contributed by atoms with Crippen molar-refractivity contribution in [2.75, 3.05) is 4.90 Å². The van der Waals surface area contributed by atoms with Gasteiger partial charge in [-0.25, -0.2) is 0 Å². The summed E-state index contributed by atoms with van der Waals surface area (Å²) in [5, 5.41) is 11.8. The molecule has 4 rings (SSSR count). The van der Waals surface area contributed by atoms with Gasteiger partial charge in [0.25, 0.3) is 0 Å². The molecule has 0 spiro atoms. The predicted molar refractivity (Wildman–Crippen MR) is 113 cm³/mol. The molecule has 0 saturated heterocycles. The van der Waals surface area contributed by atoms with Crippen molar-refractivity contribution in [1.82, 2.24) is 0 Å². The average Bonchev–Trinajstić information content (AvgIpc) is 3.20. The molecule has 8 heteroatoms. The van der Waals surface area contributed by atoms with Crippen LogP contribution in [0.25, 0.3) is 0 Å². The number of rotatable bonds is 2. The summed E-state index contributed by atoms with van der Waals surface area (Å²) in [5.41, 5.74) is 5.78. The highest BCUT2D eigenvalue weighted by Gasteiger charge is 2.46. The van der Waals surface area contributed by atoms with Crippen LogP contribution in [0, 0.1) is 16.7 Å². The Kier molecular flexibility index (Phi) is 4.97. The number of benzene rings is 1. The van der Waals surface area contributed by atoms with Crippen LogP contribution in [0.3, 0.4) is 0 Å². The van der Waals surface area contributed by atoms with Crippen LogP contribution in [0.4, 0.5) is 18.9 Å². The van der Waals surface area contributed by atoms with Crippen LogP contribution in [0.15, 0.2) is 64.4 Å². The minimum Gasteiger partial charge on any atom is -0.384 e. The van der Waals surface area contributed by atoms with Gasteiger partial charge < -0.3 is 5.73 Å². The molecule has 31 heavy (non-hydrogen) atoms. The fourth-order valence-electron chi connectivity index (χ4n) is 4.43. The van der Waals surface area contributed by atoms with E-state index in [9.17, 15) is 23.2 Å². The molecular formula is C23H20F3N3OS. The Morgan fingerprint density at radius 3 is 2.52 bits per heavy atom. The SMILES string of the molecule is CC1(C)CC(=O)C2=C(C1)N(c1ccccc1C(F)(F)F)C(N)=C(C#N)C2c1cccs1. The van der Waals surface area contributed by atoms with Gasteiger partial charge in [0.05, 0.1) is 28.8 Å². The van der Waals surface area contributed by atoms with Gasteiger partial charge in [-0.2, -0.15) is 18.4 Å². The van der Waals surface area contributed by atoms with Gasteiger partial charge >= 0.3 is 6.18 Å². The van der Waals surface area contributed by atoms with Crippen LogP contribution in [0.5, 0.6) is 0 Å². The Labute approximate surface area is 182 Å². The van der Waals surface area contributed by atoms with Crippen molar-refractivity contribution in [3.05, 3.63) is 74.9 Å². The number of thiophene rings is 1. The standard InChI is InChI=1S/C23H20F3N3OS/c1-22(2)10-16-20(17(30)11-22)19(18-8-5-9-31-18)13(12-27)21(28)29(16)15-7-4-3-6-14(15)23(24,25)26/h3-9,19H,10-11,28H2,1-2H3. The summed E-state index contributed by atoms with van der Waals surface area (Å²) in [4.78, 5) is 15.3. The lowest BCUT2D eigenvalue weighted by molar-refractivity contribution is -0.137. The fraction of sp³-hybridized carbons (Fsp3) is 0.304. The molecule has 0 fully saturated rings. The smallest absolute Gasteiger partial charge is 0.384 e. The summed E-state index contributed by atoms with van der Waals surface area (Å²) in [6.45, 7) is 3.81. The van der Waals surface area contributed by atoms with E-state index in [2.05, 4.69) is 6.07 Å². The number of halogens is 3. The molecule has 2 N–H and O–H groups in total.